The van der Waals surface area contributed by atoms with Gasteiger partial charge in [-0.25, -0.2) is 0 Å². The van der Waals surface area contributed by atoms with Gasteiger partial charge < -0.3 is 14.9 Å². The minimum absolute atomic E-state index is 0.0706. The van der Waals surface area contributed by atoms with Gasteiger partial charge in [-0.1, -0.05) is 24.3 Å². The van der Waals surface area contributed by atoms with Crippen LogP contribution in [-0.4, -0.2) is 77.7 Å². The van der Waals surface area contributed by atoms with Crippen LogP contribution in [0.4, 0.5) is 5.69 Å². The Hall–Kier alpha value is -2.02. The van der Waals surface area contributed by atoms with Crippen LogP contribution in [-0.2, 0) is 19.4 Å². The SMILES string of the molecule is O=C1c2ccc(N3CCSCC3)cc2CCCN1C[C@H](O)CN1CCc2ccccc2C1. The molecule has 3 aliphatic heterocycles. The lowest BCUT2D eigenvalue weighted by Gasteiger charge is -2.32. The van der Waals surface area contributed by atoms with Crippen LogP contribution in [0.5, 0.6) is 0 Å². The van der Waals surface area contributed by atoms with E-state index in [0.717, 1.165) is 56.6 Å². The predicted octanol–water partition coefficient (Wildman–Crippen LogP) is 3.05. The summed E-state index contributed by atoms with van der Waals surface area (Å²) in [6.45, 7) is 5.72. The van der Waals surface area contributed by atoms with Gasteiger partial charge in [0.2, 0.25) is 0 Å². The van der Waals surface area contributed by atoms with E-state index in [2.05, 4.69) is 46.2 Å². The zero-order chi connectivity index (χ0) is 21.9. The fourth-order valence-corrected chi connectivity index (χ4v) is 6.14. The monoisotopic (exact) mass is 451 g/mol. The highest BCUT2D eigenvalue weighted by atomic mass is 32.2. The number of anilines is 1. The molecule has 0 spiro atoms. The number of β-amino-alcohol motifs (C(OH)–C–C–N with tert-alkyl or cyclic N) is 1. The molecule has 5 nitrogen and oxygen atoms in total. The molecule has 2 aromatic carbocycles. The third kappa shape index (κ3) is 4.82. The van der Waals surface area contributed by atoms with Crippen molar-refractivity contribution in [3.63, 3.8) is 0 Å². The van der Waals surface area contributed by atoms with Crippen molar-refractivity contribution >= 4 is 23.4 Å². The first-order valence-corrected chi connectivity index (χ1v) is 13.0. The first-order valence-electron chi connectivity index (χ1n) is 11.9. The van der Waals surface area contributed by atoms with Gasteiger partial charge in [-0.05, 0) is 54.2 Å². The van der Waals surface area contributed by atoms with Crippen LogP contribution < -0.4 is 4.90 Å². The van der Waals surface area contributed by atoms with E-state index in [-0.39, 0.29) is 5.91 Å². The maximum atomic E-state index is 13.3. The number of aliphatic hydroxyl groups is 1. The number of nitrogens with zero attached hydrogens (tertiary/aromatic N) is 3. The van der Waals surface area contributed by atoms with Gasteiger partial charge in [0.1, 0.15) is 0 Å². The molecule has 1 N–H and O–H groups in total. The third-order valence-electron chi connectivity index (χ3n) is 6.97. The molecule has 0 saturated carbocycles. The Balaban J connectivity index is 1.22. The van der Waals surface area contributed by atoms with Gasteiger partial charge >= 0.3 is 0 Å². The molecule has 0 radical (unpaired) electrons. The Morgan fingerprint density at radius 2 is 1.72 bits per heavy atom. The van der Waals surface area contributed by atoms with Crippen LogP contribution in [0.25, 0.3) is 0 Å². The second-order valence-electron chi connectivity index (χ2n) is 9.20. The number of aliphatic hydroxyl groups excluding tert-OH is 1. The van der Waals surface area contributed by atoms with Crippen LogP contribution in [0, 0.1) is 0 Å². The highest BCUT2D eigenvalue weighted by molar-refractivity contribution is 7.99. The van der Waals surface area contributed by atoms with Gasteiger partial charge in [-0.2, -0.15) is 11.8 Å². The van der Waals surface area contributed by atoms with E-state index in [1.807, 2.05) is 22.7 Å². The van der Waals surface area contributed by atoms with E-state index in [1.54, 1.807) is 0 Å². The largest absolute Gasteiger partial charge is 0.390 e. The molecule has 32 heavy (non-hydrogen) atoms. The van der Waals surface area contributed by atoms with Crippen molar-refractivity contribution in [2.24, 2.45) is 0 Å². The van der Waals surface area contributed by atoms with Crippen LogP contribution in [0.15, 0.2) is 42.5 Å². The normalized spacial score (nSPS) is 20.5. The number of rotatable bonds is 5. The summed E-state index contributed by atoms with van der Waals surface area (Å²) in [6, 6.07) is 14.9. The Morgan fingerprint density at radius 1 is 0.906 bits per heavy atom. The molecule has 6 heteroatoms. The van der Waals surface area contributed by atoms with Gasteiger partial charge in [0.25, 0.3) is 5.91 Å². The first kappa shape index (κ1) is 21.8. The molecule has 1 saturated heterocycles. The van der Waals surface area contributed by atoms with Crippen molar-refractivity contribution in [3.8, 4) is 0 Å². The lowest BCUT2D eigenvalue weighted by molar-refractivity contribution is 0.0513. The Kier molecular flexibility index (Phi) is 6.72. The Bertz CT molecular complexity index is 960. The van der Waals surface area contributed by atoms with Gasteiger partial charge in [0.15, 0.2) is 0 Å². The van der Waals surface area contributed by atoms with Crippen molar-refractivity contribution < 1.29 is 9.90 Å². The molecule has 3 heterocycles. The molecule has 5 rings (SSSR count). The molecule has 0 aliphatic carbocycles. The molecule has 2 aromatic rings. The van der Waals surface area contributed by atoms with Crippen molar-refractivity contribution in [1.29, 1.82) is 0 Å². The summed E-state index contributed by atoms with van der Waals surface area (Å²) in [4.78, 5) is 19.9. The minimum Gasteiger partial charge on any atom is -0.390 e. The molecule has 1 fully saturated rings. The quantitative estimate of drug-likeness (QED) is 0.757. The molecule has 0 aromatic heterocycles. The minimum atomic E-state index is -0.532. The first-order chi connectivity index (χ1) is 15.7. The summed E-state index contributed by atoms with van der Waals surface area (Å²) in [7, 11) is 0. The number of hydrogen-bond acceptors (Lipinski definition) is 5. The van der Waals surface area contributed by atoms with Crippen molar-refractivity contribution in [2.45, 2.75) is 31.9 Å². The number of hydrogen-bond donors (Lipinski definition) is 1. The fraction of sp³-hybridized carbons (Fsp3) is 0.500. The molecule has 0 bridgehead atoms. The summed E-state index contributed by atoms with van der Waals surface area (Å²) in [6.07, 6.45) is 2.36. The number of carbonyl (C=O) groups is 1. The highest BCUT2D eigenvalue weighted by Crippen LogP contribution is 2.27. The zero-order valence-corrected chi connectivity index (χ0v) is 19.5. The molecule has 1 atom stereocenters. The van der Waals surface area contributed by atoms with Crippen molar-refractivity contribution in [2.75, 3.05) is 55.7 Å². The number of benzene rings is 2. The summed E-state index contributed by atoms with van der Waals surface area (Å²) in [5, 5.41) is 10.8. The van der Waals surface area contributed by atoms with Crippen molar-refractivity contribution in [1.82, 2.24) is 9.80 Å². The standard InChI is InChI=1S/C26H33N3O2S/c30-24(18-27-11-9-20-4-1-2-5-22(20)17-27)19-29-10-3-6-21-16-23(7-8-25(21)26(29)31)28-12-14-32-15-13-28/h1-2,4-5,7-8,16,24,30H,3,6,9-15,17-19H2/t24-/m1/s1. The Labute approximate surface area is 195 Å². The molecule has 0 unspecified atom stereocenters. The molecular weight excluding hydrogens is 418 g/mol. The van der Waals surface area contributed by atoms with Crippen LogP contribution >= 0.6 is 11.8 Å². The Morgan fingerprint density at radius 3 is 2.56 bits per heavy atom. The summed E-state index contributed by atoms with van der Waals surface area (Å²) >= 11 is 2.01. The van der Waals surface area contributed by atoms with Crippen LogP contribution in [0.3, 0.4) is 0 Å². The van der Waals surface area contributed by atoms with E-state index in [9.17, 15) is 9.90 Å². The van der Waals surface area contributed by atoms with Crippen molar-refractivity contribution in [3.05, 3.63) is 64.7 Å². The number of thioether (sulfide) groups is 1. The van der Waals surface area contributed by atoms with Gasteiger partial charge in [0, 0.05) is 68.6 Å². The summed E-state index contributed by atoms with van der Waals surface area (Å²) < 4.78 is 0. The van der Waals surface area contributed by atoms with E-state index in [4.69, 9.17) is 0 Å². The molecule has 1 amide bonds. The van der Waals surface area contributed by atoms with Gasteiger partial charge in [-0.3, -0.25) is 9.69 Å². The third-order valence-corrected chi connectivity index (χ3v) is 7.91. The summed E-state index contributed by atoms with van der Waals surface area (Å²) in [5.74, 6) is 2.41. The second-order valence-corrected chi connectivity index (χ2v) is 10.4. The highest BCUT2D eigenvalue weighted by Gasteiger charge is 2.26. The van der Waals surface area contributed by atoms with Gasteiger partial charge in [0.05, 0.1) is 6.10 Å². The lowest BCUT2D eigenvalue weighted by atomic mass is 10.00. The maximum Gasteiger partial charge on any atom is 0.254 e. The van der Waals surface area contributed by atoms with Crippen LogP contribution in [0.2, 0.25) is 0 Å². The van der Waals surface area contributed by atoms with E-state index in [0.29, 0.717) is 19.6 Å². The van der Waals surface area contributed by atoms with E-state index in [1.165, 1.54) is 28.3 Å². The van der Waals surface area contributed by atoms with E-state index >= 15 is 0 Å². The zero-order valence-electron chi connectivity index (χ0n) is 18.7. The lowest BCUT2D eigenvalue weighted by Crippen LogP contribution is -2.44. The van der Waals surface area contributed by atoms with Crippen LogP contribution in [0.1, 0.15) is 33.5 Å². The topological polar surface area (TPSA) is 47.0 Å². The van der Waals surface area contributed by atoms with E-state index < -0.39 is 6.10 Å². The summed E-state index contributed by atoms with van der Waals surface area (Å²) in [5.41, 5.74) is 6.00. The molecular formula is C26H33N3O2S. The number of amides is 1. The fourth-order valence-electron chi connectivity index (χ4n) is 5.24. The number of fused-ring (bicyclic) bond motifs is 2. The second kappa shape index (κ2) is 9.86. The number of carbonyl (C=O) groups excluding carboxylic acids is 1. The number of aryl methyl sites for hydroxylation is 1. The smallest absolute Gasteiger partial charge is 0.254 e. The average molecular weight is 452 g/mol. The molecule has 3 aliphatic rings. The molecule has 170 valence electrons. The van der Waals surface area contributed by atoms with Gasteiger partial charge in [-0.15, -0.1) is 0 Å². The average Bonchev–Trinajstić information content (AvgIpc) is 2.98. The maximum absolute atomic E-state index is 13.3. The predicted molar refractivity (Wildman–Crippen MR) is 132 cm³/mol.